The number of carbonyl (C=O) groups excluding carboxylic acids is 1. The number of halogens is 1. The molecule has 0 unspecified atom stereocenters. The molecule has 142 valence electrons. The minimum Gasteiger partial charge on any atom is -0.271 e. The number of hydrogen-bond donors (Lipinski definition) is 1. The summed E-state index contributed by atoms with van der Waals surface area (Å²) in [5, 5.41) is 14.8. The Hall–Kier alpha value is -2.98. The second-order valence-corrected chi connectivity index (χ2v) is 7.64. The Bertz CT molecular complexity index is 994. The molecule has 27 heavy (non-hydrogen) atoms. The van der Waals surface area contributed by atoms with E-state index < -0.39 is 27.4 Å². The molecule has 1 amide bonds. The van der Waals surface area contributed by atoms with E-state index in [0.717, 1.165) is 16.8 Å². The largest absolute Gasteiger partial charge is 0.278 e. The number of nitrogens with zero attached hydrogens (tertiary/aromatic N) is 3. The molecule has 0 aliphatic heterocycles. The maximum Gasteiger partial charge on any atom is 0.278 e. The van der Waals surface area contributed by atoms with Crippen LogP contribution >= 0.6 is 11.6 Å². The molecule has 0 saturated carbocycles. The lowest BCUT2D eigenvalue weighted by Crippen LogP contribution is -2.39. The fraction of sp³-hybridized carbons (Fsp3) is 0.125. The summed E-state index contributed by atoms with van der Waals surface area (Å²) in [4.78, 5) is 22.4. The number of anilines is 1. The van der Waals surface area contributed by atoms with Crippen molar-refractivity contribution in [3.63, 3.8) is 0 Å². The minimum atomic E-state index is -3.78. The molecule has 1 N–H and O–H groups in total. The molecule has 11 heteroatoms. The summed E-state index contributed by atoms with van der Waals surface area (Å²) < 4.78 is 24.9. The number of benzene rings is 2. The molecule has 2 aromatic rings. The van der Waals surface area contributed by atoms with Crippen molar-refractivity contribution in [1.29, 1.82) is 0 Å². The van der Waals surface area contributed by atoms with Gasteiger partial charge in [-0.15, -0.1) is 0 Å². The third-order valence-electron chi connectivity index (χ3n) is 3.34. The highest BCUT2D eigenvalue weighted by molar-refractivity contribution is 7.92. The van der Waals surface area contributed by atoms with E-state index in [1.807, 2.05) is 0 Å². The van der Waals surface area contributed by atoms with Crippen molar-refractivity contribution >= 4 is 45.1 Å². The van der Waals surface area contributed by atoms with Crippen molar-refractivity contribution in [2.24, 2.45) is 5.10 Å². The number of sulfonamides is 1. The molecule has 2 aromatic carbocycles. The van der Waals surface area contributed by atoms with Crippen molar-refractivity contribution in [1.82, 2.24) is 5.43 Å². The van der Waals surface area contributed by atoms with Crippen LogP contribution in [0.3, 0.4) is 0 Å². The monoisotopic (exact) mass is 410 g/mol. The molecule has 0 fully saturated rings. The molecule has 0 spiro atoms. The second kappa shape index (κ2) is 8.60. The first-order valence-electron chi connectivity index (χ1n) is 7.47. The molecule has 0 radical (unpaired) electrons. The summed E-state index contributed by atoms with van der Waals surface area (Å²) in [7, 11) is -3.78. The number of rotatable bonds is 7. The van der Waals surface area contributed by atoms with Gasteiger partial charge in [-0.25, -0.2) is 13.8 Å². The number of nitro benzene ring substituents is 1. The number of amides is 1. The number of hydrogen-bond acceptors (Lipinski definition) is 6. The lowest BCUT2D eigenvalue weighted by molar-refractivity contribution is -0.385. The molecule has 0 atom stereocenters. The zero-order valence-electron chi connectivity index (χ0n) is 14.1. The van der Waals surface area contributed by atoms with Crippen LogP contribution in [-0.2, 0) is 14.8 Å². The number of nitro groups is 1. The fourth-order valence-electron chi connectivity index (χ4n) is 2.14. The first-order valence-corrected chi connectivity index (χ1v) is 9.70. The van der Waals surface area contributed by atoms with Crippen LogP contribution in [-0.4, -0.2) is 38.3 Å². The molecule has 0 bridgehead atoms. The van der Waals surface area contributed by atoms with E-state index in [2.05, 4.69) is 10.5 Å². The van der Waals surface area contributed by atoms with Gasteiger partial charge in [-0.2, -0.15) is 5.10 Å². The lowest BCUT2D eigenvalue weighted by Gasteiger charge is -2.22. The van der Waals surface area contributed by atoms with Crippen molar-refractivity contribution in [3.8, 4) is 0 Å². The zero-order chi connectivity index (χ0) is 20.0. The van der Waals surface area contributed by atoms with Crippen LogP contribution in [0.15, 0.2) is 53.6 Å². The summed E-state index contributed by atoms with van der Waals surface area (Å²) >= 11 is 6.01. The Morgan fingerprint density at radius 2 is 1.89 bits per heavy atom. The number of carbonyl (C=O) groups is 1. The van der Waals surface area contributed by atoms with E-state index >= 15 is 0 Å². The smallest absolute Gasteiger partial charge is 0.271 e. The van der Waals surface area contributed by atoms with Crippen LogP contribution < -0.4 is 9.73 Å². The first-order chi connectivity index (χ1) is 12.7. The van der Waals surface area contributed by atoms with Gasteiger partial charge in [0.25, 0.3) is 11.6 Å². The Morgan fingerprint density at radius 3 is 2.52 bits per heavy atom. The van der Waals surface area contributed by atoms with E-state index in [1.165, 1.54) is 30.3 Å². The summed E-state index contributed by atoms with van der Waals surface area (Å²) in [6.45, 7) is -0.559. The Labute approximate surface area is 160 Å². The SMILES string of the molecule is CS(=O)(=O)N(CC(=O)N/N=C\c1ccccc1[N+](=O)[O-])c1ccccc1Cl. The number of hydrazone groups is 1. The van der Waals surface area contributed by atoms with E-state index in [1.54, 1.807) is 18.2 Å². The molecule has 0 heterocycles. The molecule has 0 aliphatic carbocycles. The van der Waals surface area contributed by atoms with Gasteiger partial charge in [0.2, 0.25) is 10.0 Å². The Kier molecular flexibility index (Phi) is 6.48. The van der Waals surface area contributed by atoms with Gasteiger partial charge in [0.1, 0.15) is 6.54 Å². The van der Waals surface area contributed by atoms with Crippen LogP contribution in [0.25, 0.3) is 0 Å². The highest BCUT2D eigenvalue weighted by Crippen LogP contribution is 2.26. The molecule has 0 saturated heterocycles. The minimum absolute atomic E-state index is 0.152. The zero-order valence-corrected chi connectivity index (χ0v) is 15.6. The summed E-state index contributed by atoms with van der Waals surface area (Å²) in [6, 6.07) is 12.0. The Balaban J connectivity index is 2.14. The van der Waals surface area contributed by atoms with Gasteiger partial charge in [0.05, 0.1) is 33.7 Å². The van der Waals surface area contributed by atoms with E-state index in [-0.39, 0.29) is 22.0 Å². The fourth-order valence-corrected chi connectivity index (χ4v) is 3.29. The van der Waals surface area contributed by atoms with Crippen LogP contribution in [0, 0.1) is 10.1 Å². The third-order valence-corrected chi connectivity index (χ3v) is 4.78. The van der Waals surface area contributed by atoms with E-state index in [0.29, 0.717) is 0 Å². The Morgan fingerprint density at radius 1 is 1.26 bits per heavy atom. The van der Waals surface area contributed by atoms with E-state index in [9.17, 15) is 23.3 Å². The van der Waals surface area contributed by atoms with Gasteiger partial charge in [-0.1, -0.05) is 35.9 Å². The number of nitrogens with one attached hydrogen (secondary N) is 1. The van der Waals surface area contributed by atoms with Crippen LogP contribution in [0.5, 0.6) is 0 Å². The van der Waals surface area contributed by atoms with Gasteiger partial charge in [-0.3, -0.25) is 19.2 Å². The van der Waals surface area contributed by atoms with Crippen molar-refractivity contribution in [3.05, 3.63) is 69.2 Å². The maximum atomic E-state index is 12.1. The van der Waals surface area contributed by atoms with Gasteiger partial charge in [0, 0.05) is 6.07 Å². The third kappa shape index (κ3) is 5.50. The summed E-state index contributed by atoms with van der Waals surface area (Å²) in [6.07, 6.45) is 2.05. The molecular weight excluding hydrogens is 396 g/mol. The predicted molar refractivity (Wildman–Crippen MR) is 102 cm³/mol. The maximum absolute atomic E-state index is 12.1. The van der Waals surface area contributed by atoms with Crippen molar-refractivity contribution in [2.45, 2.75) is 0 Å². The summed E-state index contributed by atoms with van der Waals surface area (Å²) in [5.41, 5.74) is 2.31. The summed E-state index contributed by atoms with van der Waals surface area (Å²) in [5.74, 6) is -0.741. The highest BCUT2D eigenvalue weighted by atomic mass is 35.5. The second-order valence-electron chi connectivity index (χ2n) is 5.33. The van der Waals surface area contributed by atoms with Gasteiger partial charge in [0.15, 0.2) is 0 Å². The standard InChI is InChI=1S/C16H15ClN4O5S/c1-27(25,26)20(15-9-5-3-7-13(15)17)11-16(22)19-18-10-12-6-2-4-8-14(12)21(23)24/h2-10H,11H2,1H3,(H,19,22)/b18-10-. The van der Waals surface area contributed by atoms with Crippen LogP contribution in [0.2, 0.25) is 5.02 Å². The van der Waals surface area contributed by atoms with Crippen molar-refractivity contribution < 1.29 is 18.1 Å². The molecule has 0 aliphatic rings. The van der Waals surface area contributed by atoms with Crippen LogP contribution in [0.4, 0.5) is 11.4 Å². The number of para-hydroxylation sites is 2. The quantitative estimate of drug-likeness (QED) is 0.425. The van der Waals surface area contributed by atoms with E-state index in [4.69, 9.17) is 11.6 Å². The van der Waals surface area contributed by atoms with Gasteiger partial charge >= 0.3 is 0 Å². The topological polar surface area (TPSA) is 122 Å². The lowest BCUT2D eigenvalue weighted by atomic mass is 10.2. The molecule has 9 nitrogen and oxygen atoms in total. The molecular formula is C16H15ClN4O5S. The highest BCUT2D eigenvalue weighted by Gasteiger charge is 2.22. The van der Waals surface area contributed by atoms with Crippen LogP contribution in [0.1, 0.15) is 5.56 Å². The van der Waals surface area contributed by atoms with Gasteiger partial charge < -0.3 is 0 Å². The molecule has 0 aromatic heterocycles. The first kappa shape index (κ1) is 20.3. The molecule has 2 rings (SSSR count). The predicted octanol–water partition coefficient (Wildman–Crippen LogP) is 2.16. The average Bonchev–Trinajstić information content (AvgIpc) is 2.60. The van der Waals surface area contributed by atoms with Gasteiger partial charge in [-0.05, 0) is 18.2 Å². The normalized spacial score (nSPS) is 11.3. The average molecular weight is 411 g/mol. The van der Waals surface area contributed by atoms with Crippen molar-refractivity contribution in [2.75, 3.05) is 17.1 Å².